The second-order valence-corrected chi connectivity index (χ2v) is 17.3. The van der Waals surface area contributed by atoms with E-state index in [1.807, 2.05) is 48.7 Å². The Hall–Kier alpha value is -1.22. The molecule has 0 aliphatic carbocycles. The van der Waals surface area contributed by atoms with Crippen molar-refractivity contribution < 1.29 is 53.7 Å². The van der Waals surface area contributed by atoms with E-state index in [1.165, 1.54) is 6.92 Å². The third-order valence-electron chi connectivity index (χ3n) is 12.0. The van der Waals surface area contributed by atoms with Gasteiger partial charge in [-0.1, -0.05) is 48.5 Å². The first-order valence-electron chi connectivity index (χ1n) is 18.7. The molecule has 17 atom stereocenters. The van der Waals surface area contributed by atoms with Gasteiger partial charge < -0.3 is 49.0 Å². The van der Waals surface area contributed by atoms with Crippen molar-refractivity contribution in [1.29, 1.82) is 0 Å². The van der Waals surface area contributed by atoms with E-state index in [9.17, 15) is 30.0 Å². The minimum Gasteiger partial charge on any atom is -0.459 e. The Morgan fingerprint density at radius 1 is 0.840 bits per heavy atom. The zero-order chi connectivity index (χ0) is 38.3. The molecule has 0 saturated carbocycles. The number of ether oxygens (including phenoxy) is 5. The maximum absolute atomic E-state index is 14.1. The standard InChI is InChI=1S/C38H69NO11/c1-15-27-38(12,45)31(41)22(5)29(40)19(2)17-37(11,44)33(50-35-21(4)26(39(13)14)16-20(3)46-35)23(6)30(24(7)34(43)48-27)49-28-18-36(9,10)32(42)25(8)47-28/h19-28,30-33,35,41-42,44-45H,15-18H2,1-14H3/t19-,20-,21-,22+,23+,24-,25+,26+,27-,28+,30+,31-,32+,33-,35+,37-,38-/m1/s1. The smallest absolute Gasteiger partial charge is 0.311 e. The summed E-state index contributed by atoms with van der Waals surface area (Å²) < 4.78 is 32.0. The molecule has 12 heteroatoms. The van der Waals surface area contributed by atoms with Gasteiger partial charge in [0.25, 0.3) is 0 Å². The van der Waals surface area contributed by atoms with Crippen molar-refractivity contribution in [1.82, 2.24) is 4.90 Å². The third-order valence-corrected chi connectivity index (χ3v) is 12.0. The minimum atomic E-state index is -1.95. The van der Waals surface area contributed by atoms with Crippen molar-refractivity contribution in [2.75, 3.05) is 14.1 Å². The Kier molecular flexibility index (Phi) is 14.2. The SMILES string of the molecule is CC[C@H]1OC(=O)[C@H](C)[C@@H](O[C@H]2CC(C)(C)[C@@H](O)[C@H](C)O2)[C@H](C)[C@@H](O[C@@H]2O[C@H](C)C[C@H](N(C)C)[C@H]2C)[C@](C)(O)C[C@@H](C)C(=O)[C@H](C)[C@@H](O)[C@]1(C)O. The fourth-order valence-electron chi connectivity index (χ4n) is 8.77. The number of hydrogen-bond acceptors (Lipinski definition) is 12. The van der Waals surface area contributed by atoms with E-state index >= 15 is 0 Å². The van der Waals surface area contributed by atoms with E-state index in [2.05, 4.69) is 4.90 Å². The van der Waals surface area contributed by atoms with Gasteiger partial charge in [0.15, 0.2) is 12.6 Å². The van der Waals surface area contributed by atoms with Crippen LogP contribution in [0.4, 0.5) is 0 Å². The number of carbonyl (C=O) groups is 2. The average molecular weight is 716 g/mol. The number of rotatable bonds is 6. The van der Waals surface area contributed by atoms with Crippen molar-refractivity contribution in [2.45, 2.75) is 181 Å². The van der Waals surface area contributed by atoms with Gasteiger partial charge >= 0.3 is 5.97 Å². The van der Waals surface area contributed by atoms with Gasteiger partial charge in [-0.15, -0.1) is 0 Å². The first-order chi connectivity index (χ1) is 22.9. The molecule has 3 aliphatic rings. The van der Waals surface area contributed by atoms with E-state index in [4.69, 9.17) is 23.7 Å². The number of aliphatic hydroxyl groups is 4. The summed E-state index contributed by atoms with van der Waals surface area (Å²) in [5.74, 6) is -4.54. The summed E-state index contributed by atoms with van der Waals surface area (Å²) in [5.41, 5.74) is -4.17. The lowest BCUT2D eigenvalue weighted by Gasteiger charge is -2.49. The molecule has 0 radical (unpaired) electrons. The molecular weight excluding hydrogens is 646 g/mol. The Bertz CT molecular complexity index is 1140. The fourth-order valence-corrected chi connectivity index (χ4v) is 8.77. The number of esters is 1. The van der Waals surface area contributed by atoms with Crippen LogP contribution in [0.25, 0.3) is 0 Å². The van der Waals surface area contributed by atoms with Crippen LogP contribution in [0.5, 0.6) is 0 Å². The number of nitrogens with zero attached hydrogens (tertiary/aromatic N) is 1. The molecule has 3 rings (SSSR count). The van der Waals surface area contributed by atoms with Crippen LogP contribution >= 0.6 is 0 Å². The summed E-state index contributed by atoms with van der Waals surface area (Å²) in [6, 6.07) is 0.135. The number of ketones is 1. The second-order valence-electron chi connectivity index (χ2n) is 17.3. The van der Waals surface area contributed by atoms with Gasteiger partial charge in [0.1, 0.15) is 17.5 Å². The fraction of sp³-hybridized carbons (Fsp3) is 0.947. The molecule has 3 fully saturated rings. The third kappa shape index (κ3) is 9.28. The monoisotopic (exact) mass is 715 g/mol. The normalized spacial score (nSPS) is 48.6. The van der Waals surface area contributed by atoms with E-state index in [1.54, 1.807) is 41.5 Å². The summed E-state index contributed by atoms with van der Waals surface area (Å²) in [7, 11) is 4.03. The van der Waals surface area contributed by atoms with Gasteiger partial charge in [-0.25, -0.2) is 0 Å². The highest BCUT2D eigenvalue weighted by atomic mass is 16.7. The topological polar surface area (TPSA) is 164 Å². The second kappa shape index (κ2) is 16.4. The minimum absolute atomic E-state index is 0.0350. The molecule has 3 aliphatic heterocycles. The van der Waals surface area contributed by atoms with Gasteiger partial charge in [0, 0.05) is 36.1 Å². The lowest BCUT2D eigenvalue weighted by Crippen LogP contribution is -2.59. The first-order valence-corrected chi connectivity index (χ1v) is 18.7. The van der Waals surface area contributed by atoms with Crippen LogP contribution in [0, 0.1) is 35.0 Å². The molecule has 0 aromatic heterocycles. The van der Waals surface area contributed by atoms with E-state index in [-0.39, 0.29) is 36.7 Å². The number of carbonyl (C=O) groups excluding carboxylic acids is 2. The number of aliphatic hydroxyl groups excluding tert-OH is 2. The molecule has 0 aromatic rings. The lowest BCUT2D eigenvalue weighted by molar-refractivity contribution is -0.304. The molecule has 0 amide bonds. The molecule has 0 aromatic carbocycles. The molecule has 50 heavy (non-hydrogen) atoms. The largest absolute Gasteiger partial charge is 0.459 e. The van der Waals surface area contributed by atoms with E-state index in [0.717, 1.165) is 6.42 Å². The van der Waals surface area contributed by atoms with Crippen molar-refractivity contribution >= 4 is 11.8 Å². The molecule has 4 N–H and O–H groups in total. The summed E-state index contributed by atoms with van der Waals surface area (Å²) in [4.78, 5) is 30.0. The van der Waals surface area contributed by atoms with Gasteiger partial charge in [0.05, 0.1) is 48.1 Å². The molecule has 0 unspecified atom stereocenters. The quantitative estimate of drug-likeness (QED) is 0.296. The van der Waals surface area contributed by atoms with Crippen molar-refractivity contribution in [2.24, 2.45) is 35.0 Å². The summed E-state index contributed by atoms with van der Waals surface area (Å²) in [5, 5.41) is 46.2. The Labute approximate surface area is 300 Å². The van der Waals surface area contributed by atoms with Gasteiger partial charge in [-0.3, -0.25) is 9.59 Å². The number of hydrogen-bond donors (Lipinski definition) is 4. The molecule has 12 nitrogen and oxygen atoms in total. The van der Waals surface area contributed by atoms with Gasteiger partial charge in [-0.05, 0) is 73.4 Å². The average Bonchev–Trinajstić information content (AvgIpc) is 3.01. The van der Waals surface area contributed by atoms with Crippen LogP contribution in [0.15, 0.2) is 0 Å². The maximum Gasteiger partial charge on any atom is 0.311 e. The molecule has 292 valence electrons. The molecule has 0 spiro atoms. The van der Waals surface area contributed by atoms with Crippen LogP contribution < -0.4 is 0 Å². The highest BCUT2D eigenvalue weighted by Gasteiger charge is 2.52. The van der Waals surface area contributed by atoms with Crippen molar-refractivity contribution in [3.63, 3.8) is 0 Å². The maximum atomic E-state index is 14.1. The summed E-state index contributed by atoms with van der Waals surface area (Å²) in [6.07, 6.45) is -6.33. The Morgan fingerprint density at radius 3 is 1.98 bits per heavy atom. The van der Waals surface area contributed by atoms with Crippen LogP contribution in [-0.2, 0) is 33.3 Å². The van der Waals surface area contributed by atoms with Crippen LogP contribution in [0.1, 0.15) is 109 Å². The molecule has 3 saturated heterocycles. The van der Waals surface area contributed by atoms with E-state index < -0.39 is 95.5 Å². The van der Waals surface area contributed by atoms with Crippen LogP contribution in [0.2, 0.25) is 0 Å². The lowest BCUT2D eigenvalue weighted by atomic mass is 9.74. The molecular formula is C38H69NO11. The highest BCUT2D eigenvalue weighted by molar-refractivity contribution is 5.83. The first kappa shape index (κ1) is 43.2. The predicted molar refractivity (Wildman–Crippen MR) is 188 cm³/mol. The van der Waals surface area contributed by atoms with Gasteiger partial charge in [-0.2, -0.15) is 0 Å². The van der Waals surface area contributed by atoms with Crippen molar-refractivity contribution in [3.05, 3.63) is 0 Å². The van der Waals surface area contributed by atoms with Crippen molar-refractivity contribution in [3.8, 4) is 0 Å². The summed E-state index contributed by atoms with van der Waals surface area (Å²) >= 11 is 0. The predicted octanol–water partition coefficient (Wildman–Crippen LogP) is 3.68. The zero-order valence-electron chi connectivity index (χ0n) is 33.1. The number of cyclic esters (lactones) is 1. The van der Waals surface area contributed by atoms with Crippen LogP contribution in [0.3, 0.4) is 0 Å². The summed E-state index contributed by atoms with van der Waals surface area (Å²) in [6.45, 7) is 21.2. The highest BCUT2D eigenvalue weighted by Crippen LogP contribution is 2.42. The number of Topliss-reactive ketones (excluding diaryl/α,β-unsaturated/α-hetero) is 1. The molecule has 3 heterocycles. The Balaban J connectivity index is 2.17. The zero-order valence-corrected chi connectivity index (χ0v) is 33.1. The Morgan fingerprint density at radius 2 is 1.44 bits per heavy atom. The van der Waals surface area contributed by atoms with Crippen LogP contribution in [-0.4, -0.2) is 124 Å². The van der Waals surface area contributed by atoms with E-state index in [0.29, 0.717) is 6.42 Å². The molecule has 0 bridgehead atoms. The van der Waals surface area contributed by atoms with Gasteiger partial charge in [0.2, 0.25) is 0 Å².